The molecule has 1 heteroatoms. The van der Waals surface area contributed by atoms with Gasteiger partial charge in [0.2, 0.25) is 0 Å². The van der Waals surface area contributed by atoms with Gasteiger partial charge < -0.3 is 5.11 Å². The third-order valence-electron chi connectivity index (χ3n) is 5.52. The van der Waals surface area contributed by atoms with Crippen LogP contribution in [-0.4, -0.2) is 11.2 Å². The van der Waals surface area contributed by atoms with Crippen molar-refractivity contribution in [2.24, 2.45) is 5.92 Å². The predicted octanol–water partition coefficient (Wildman–Crippen LogP) is 10.0. The van der Waals surface area contributed by atoms with Crippen LogP contribution < -0.4 is 0 Å². The molecule has 0 spiro atoms. The molecule has 1 atom stereocenters. The van der Waals surface area contributed by atoms with Gasteiger partial charge in [0.25, 0.3) is 0 Å². The summed E-state index contributed by atoms with van der Waals surface area (Å²) in [5, 5.41) is 10.1. The van der Waals surface area contributed by atoms with E-state index in [0.29, 0.717) is 0 Å². The standard InChI is InChI=1S/C31H54O/c1-4-5-6-7-8-9-10-11-12-16-19-22-25-28-31(32)29-26-23-20-17-14-13-15-18-21-24-27-30(2)3/h5-6,10-11,17-18,20-21,25,28,30-32H,4,7-9,12-16,19,22-24,26-27,29H2,1-3H3. The van der Waals surface area contributed by atoms with E-state index in [2.05, 4.69) is 75.5 Å². The number of hydrogen-bond donors (Lipinski definition) is 1. The molecule has 0 aliphatic rings. The Hall–Kier alpha value is -1.34. The highest BCUT2D eigenvalue weighted by Gasteiger charge is 1.97. The summed E-state index contributed by atoms with van der Waals surface area (Å²) in [6, 6.07) is 0. The van der Waals surface area contributed by atoms with Gasteiger partial charge in [-0.3, -0.25) is 0 Å². The molecule has 0 aromatic rings. The van der Waals surface area contributed by atoms with Gasteiger partial charge in [0.15, 0.2) is 0 Å². The van der Waals surface area contributed by atoms with Crippen LogP contribution in [0.1, 0.15) is 124 Å². The summed E-state index contributed by atoms with van der Waals surface area (Å²) in [6.07, 6.45) is 41.0. The number of rotatable bonds is 22. The zero-order chi connectivity index (χ0) is 23.5. The van der Waals surface area contributed by atoms with Crippen molar-refractivity contribution >= 4 is 0 Å². The molecule has 0 rings (SSSR count). The maximum atomic E-state index is 10.1. The lowest BCUT2D eigenvalue weighted by Crippen LogP contribution is -2.00. The van der Waals surface area contributed by atoms with E-state index in [0.717, 1.165) is 38.0 Å². The first-order valence-corrected chi connectivity index (χ1v) is 13.6. The molecule has 0 fully saturated rings. The first-order chi connectivity index (χ1) is 15.7. The summed E-state index contributed by atoms with van der Waals surface area (Å²) >= 11 is 0. The van der Waals surface area contributed by atoms with Crippen molar-refractivity contribution in [1.82, 2.24) is 0 Å². The first kappa shape index (κ1) is 30.7. The molecular formula is C31H54O. The second kappa shape index (κ2) is 25.9. The van der Waals surface area contributed by atoms with Gasteiger partial charge in [0.05, 0.1) is 6.10 Å². The minimum atomic E-state index is -0.277. The van der Waals surface area contributed by atoms with Crippen molar-refractivity contribution in [3.63, 3.8) is 0 Å². The van der Waals surface area contributed by atoms with Gasteiger partial charge in [0, 0.05) is 0 Å². The molecule has 0 radical (unpaired) electrons. The summed E-state index contributed by atoms with van der Waals surface area (Å²) in [6.45, 7) is 6.75. The van der Waals surface area contributed by atoms with Crippen LogP contribution in [0, 0.1) is 5.92 Å². The minimum Gasteiger partial charge on any atom is -0.389 e. The van der Waals surface area contributed by atoms with Crippen LogP contribution >= 0.6 is 0 Å². The Morgan fingerprint density at radius 3 is 1.47 bits per heavy atom. The van der Waals surface area contributed by atoms with E-state index < -0.39 is 0 Å². The zero-order valence-corrected chi connectivity index (χ0v) is 21.7. The summed E-state index contributed by atoms with van der Waals surface area (Å²) in [4.78, 5) is 0. The molecule has 0 bridgehead atoms. The fraction of sp³-hybridized carbons (Fsp3) is 0.677. The van der Waals surface area contributed by atoms with E-state index in [1.807, 2.05) is 6.08 Å². The van der Waals surface area contributed by atoms with Crippen LogP contribution in [0.2, 0.25) is 0 Å². The Balaban J connectivity index is 3.45. The molecule has 0 aromatic heterocycles. The monoisotopic (exact) mass is 442 g/mol. The average Bonchev–Trinajstić information content (AvgIpc) is 2.77. The molecule has 1 nitrogen and oxygen atoms in total. The maximum Gasteiger partial charge on any atom is 0.0721 e. The Morgan fingerprint density at radius 1 is 0.500 bits per heavy atom. The Morgan fingerprint density at radius 2 is 0.938 bits per heavy atom. The van der Waals surface area contributed by atoms with Crippen LogP contribution in [0.25, 0.3) is 0 Å². The highest BCUT2D eigenvalue weighted by Crippen LogP contribution is 2.08. The van der Waals surface area contributed by atoms with Gasteiger partial charge in [0.1, 0.15) is 0 Å². The number of aliphatic hydroxyl groups excluding tert-OH is 1. The van der Waals surface area contributed by atoms with Gasteiger partial charge in [-0.25, -0.2) is 0 Å². The van der Waals surface area contributed by atoms with Gasteiger partial charge in [-0.1, -0.05) is 81.5 Å². The molecule has 0 saturated heterocycles. The third kappa shape index (κ3) is 26.7. The van der Waals surface area contributed by atoms with Crippen molar-refractivity contribution < 1.29 is 5.11 Å². The molecule has 184 valence electrons. The lowest BCUT2D eigenvalue weighted by atomic mass is 10.1. The predicted molar refractivity (Wildman–Crippen MR) is 146 cm³/mol. The molecule has 0 heterocycles. The first-order valence-electron chi connectivity index (χ1n) is 13.6. The maximum absolute atomic E-state index is 10.1. The molecule has 0 aromatic carbocycles. The molecule has 0 aliphatic heterocycles. The van der Waals surface area contributed by atoms with Crippen LogP contribution in [0.15, 0.2) is 60.8 Å². The lowest BCUT2D eigenvalue weighted by molar-refractivity contribution is 0.209. The normalized spacial score (nSPS) is 13.9. The second-order valence-corrected chi connectivity index (χ2v) is 9.34. The van der Waals surface area contributed by atoms with Crippen LogP contribution in [0.4, 0.5) is 0 Å². The molecule has 0 saturated carbocycles. The Bertz CT molecular complexity index is 507. The van der Waals surface area contributed by atoms with Crippen molar-refractivity contribution in [3.05, 3.63) is 60.8 Å². The van der Waals surface area contributed by atoms with E-state index in [9.17, 15) is 5.11 Å². The summed E-state index contributed by atoms with van der Waals surface area (Å²) in [5.41, 5.74) is 0. The minimum absolute atomic E-state index is 0.277. The second-order valence-electron chi connectivity index (χ2n) is 9.34. The summed E-state index contributed by atoms with van der Waals surface area (Å²) in [7, 11) is 0. The molecule has 0 amide bonds. The van der Waals surface area contributed by atoms with E-state index in [4.69, 9.17) is 0 Å². The van der Waals surface area contributed by atoms with E-state index in [1.54, 1.807) is 0 Å². The molecule has 0 aliphatic carbocycles. The lowest BCUT2D eigenvalue weighted by Gasteiger charge is -2.03. The molecule has 32 heavy (non-hydrogen) atoms. The molecular weight excluding hydrogens is 388 g/mol. The van der Waals surface area contributed by atoms with Gasteiger partial charge in [-0.15, -0.1) is 0 Å². The number of allylic oxidation sites excluding steroid dienone is 9. The summed E-state index contributed by atoms with van der Waals surface area (Å²) in [5.74, 6) is 0.807. The van der Waals surface area contributed by atoms with E-state index in [-0.39, 0.29) is 6.10 Å². The largest absolute Gasteiger partial charge is 0.389 e. The zero-order valence-electron chi connectivity index (χ0n) is 21.7. The van der Waals surface area contributed by atoms with Gasteiger partial charge >= 0.3 is 0 Å². The Kier molecular flexibility index (Phi) is 24.8. The fourth-order valence-electron chi connectivity index (χ4n) is 3.45. The average molecular weight is 443 g/mol. The topological polar surface area (TPSA) is 20.2 Å². The SMILES string of the molecule is CCC=CCCCC=CCCCCC=CC(O)CCCC=CCCCC=CCCC(C)C. The molecule has 1 N–H and O–H groups in total. The van der Waals surface area contributed by atoms with Crippen molar-refractivity contribution in [1.29, 1.82) is 0 Å². The van der Waals surface area contributed by atoms with E-state index >= 15 is 0 Å². The number of hydrogen-bond acceptors (Lipinski definition) is 1. The van der Waals surface area contributed by atoms with Crippen molar-refractivity contribution in [2.75, 3.05) is 0 Å². The highest BCUT2D eigenvalue weighted by molar-refractivity contribution is 4.90. The fourth-order valence-corrected chi connectivity index (χ4v) is 3.45. The van der Waals surface area contributed by atoms with E-state index in [1.165, 1.54) is 70.6 Å². The highest BCUT2D eigenvalue weighted by atomic mass is 16.3. The van der Waals surface area contributed by atoms with Crippen LogP contribution in [0.3, 0.4) is 0 Å². The molecule has 1 unspecified atom stereocenters. The van der Waals surface area contributed by atoms with Crippen LogP contribution in [0.5, 0.6) is 0 Å². The smallest absolute Gasteiger partial charge is 0.0721 e. The Labute approximate surface area is 201 Å². The number of unbranched alkanes of at least 4 members (excludes halogenated alkanes) is 8. The summed E-state index contributed by atoms with van der Waals surface area (Å²) < 4.78 is 0. The number of aliphatic hydroxyl groups is 1. The quantitative estimate of drug-likeness (QED) is 0.131. The van der Waals surface area contributed by atoms with Crippen molar-refractivity contribution in [2.45, 2.75) is 130 Å². The van der Waals surface area contributed by atoms with Gasteiger partial charge in [-0.05, 0) is 109 Å². The van der Waals surface area contributed by atoms with Crippen LogP contribution in [-0.2, 0) is 0 Å². The van der Waals surface area contributed by atoms with Gasteiger partial charge in [-0.2, -0.15) is 0 Å². The van der Waals surface area contributed by atoms with Crippen molar-refractivity contribution in [3.8, 4) is 0 Å². The third-order valence-corrected chi connectivity index (χ3v) is 5.52.